The molecule has 1 aromatic heterocycles. The average Bonchev–Trinajstić information content (AvgIpc) is 2.75. The van der Waals surface area contributed by atoms with Crippen molar-refractivity contribution in [1.29, 1.82) is 0 Å². The number of carbonyl (C=O) groups excluding carboxylic acids is 1. The van der Waals surface area contributed by atoms with Gasteiger partial charge in [-0.1, -0.05) is 53.5 Å². The number of benzene rings is 2. The summed E-state index contributed by atoms with van der Waals surface area (Å²) < 4.78 is 25.5. The predicted molar refractivity (Wildman–Crippen MR) is 119 cm³/mol. The Morgan fingerprint density at radius 1 is 1.10 bits per heavy atom. The highest BCUT2D eigenvalue weighted by atomic mass is 35.5. The summed E-state index contributed by atoms with van der Waals surface area (Å²) in [5, 5.41) is 0.166. The Balaban J connectivity index is 1.95. The molecule has 0 radical (unpaired) electrons. The maximum atomic E-state index is 14.9. The van der Waals surface area contributed by atoms with Crippen LogP contribution in [0.25, 0.3) is 11.4 Å². The molecule has 0 fully saturated rings. The van der Waals surface area contributed by atoms with Gasteiger partial charge in [-0.2, -0.15) is 0 Å². The van der Waals surface area contributed by atoms with Crippen LogP contribution in [-0.2, 0) is 11.3 Å². The number of nitrogens with zero attached hydrogens (tertiary/aromatic N) is 3. The Hall–Kier alpha value is -2.74. The van der Waals surface area contributed by atoms with Crippen LogP contribution >= 0.6 is 23.2 Å². The fourth-order valence-corrected chi connectivity index (χ4v) is 3.42. The minimum atomic E-state index is -0.735. The van der Waals surface area contributed by atoms with E-state index in [1.165, 1.54) is 19.2 Å². The molecule has 3 aromatic rings. The molecule has 9 heteroatoms. The Morgan fingerprint density at radius 3 is 2.45 bits per heavy atom. The first kappa shape index (κ1) is 22.9. The summed E-state index contributed by atoms with van der Waals surface area (Å²) in [5.74, 6) is -1.07. The van der Waals surface area contributed by atoms with Gasteiger partial charge in [-0.25, -0.2) is 14.4 Å². The third-order valence-electron chi connectivity index (χ3n) is 4.36. The molecule has 6 nitrogen and oxygen atoms in total. The molecule has 0 amide bonds. The normalized spacial score (nSPS) is 10.8. The van der Waals surface area contributed by atoms with Gasteiger partial charge in [0.2, 0.25) is 5.78 Å². The predicted octanol–water partition coefficient (Wildman–Crippen LogP) is 5.06. The summed E-state index contributed by atoms with van der Waals surface area (Å²) in [5.41, 5.74) is 0.895. The molecule has 0 aliphatic carbocycles. The summed E-state index contributed by atoms with van der Waals surface area (Å²) in [6.07, 6.45) is 0. The molecular formula is C22H20Cl2FN3O3. The van der Waals surface area contributed by atoms with Crippen LogP contribution in [0.5, 0.6) is 5.75 Å². The minimum Gasteiger partial charge on any atom is -0.492 e. The molecule has 162 valence electrons. The van der Waals surface area contributed by atoms with Gasteiger partial charge in [0.1, 0.15) is 17.3 Å². The van der Waals surface area contributed by atoms with Gasteiger partial charge < -0.3 is 14.4 Å². The fourth-order valence-electron chi connectivity index (χ4n) is 2.83. The second kappa shape index (κ2) is 10.0. The number of aromatic nitrogens is 2. The Morgan fingerprint density at radius 2 is 1.81 bits per heavy atom. The number of carbonyl (C=O) groups is 1. The molecule has 0 aliphatic heterocycles. The van der Waals surface area contributed by atoms with E-state index in [2.05, 4.69) is 9.97 Å². The fraction of sp³-hybridized carbons (Fsp3) is 0.227. The maximum Gasteiger partial charge on any atom is 0.208 e. The number of methoxy groups -OCH3 is 1. The molecule has 0 saturated heterocycles. The second-order valence-corrected chi connectivity index (χ2v) is 7.56. The molecule has 0 saturated carbocycles. The monoisotopic (exact) mass is 463 g/mol. The van der Waals surface area contributed by atoms with Crippen molar-refractivity contribution in [2.45, 2.75) is 6.61 Å². The lowest BCUT2D eigenvalue weighted by molar-refractivity contribution is 0.0722. The summed E-state index contributed by atoms with van der Waals surface area (Å²) in [6, 6.07) is 12.3. The van der Waals surface area contributed by atoms with Crippen LogP contribution in [0.2, 0.25) is 10.0 Å². The molecule has 2 aromatic carbocycles. The molecule has 0 unspecified atom stereocenters. The van der Waals surface area contributed by atoms with Crippen LogP contribution in [0.4, 0.5) is 10.2 Å². The van der Waals surface area contributed by atoms with E-state index in [0.29, 0.717) is 0 Å². The van der Waals surface area contributed by atoms with Gasteiger partial charge in [-0.15, -0.1) is 0 Å². The minimum absolute atomic E-state index is 0.0213. The number of rotatable bonds is 8. The second-order valence-electron chi connectivity index (χ2n) is 6.77. The van der Waals surface area contributed by atoms with Gasteiger partial charge in [0.25, 0.3) is 0 Å². The number of ketones is 1. The van der Waals surface area contributed by atoms with Crippen molar-refractivity contribution in [2.24, 2.45) is 0 Å². The standard InChI is InChI=1S/C22H20Cl2FN3O3/c1-28(2)22-17(24)19(16(29)12-31-11-13-7-5-4-6-8-13)26-21(27-22)14-9-10-15(23)20(30-3)18(14)25/h4-10H,11-12H2,1-3H3. The van der Waals surface area contributed by atoms with Crippen molar-refractivity contribution in [1.82, 2.24) is 9.97 Å². The van der Waals surface area contributed by atoms with Crippen molar-refractivity contribution < 1.29 is 18.7 Å². The van der Waals surface area contributed by atoms with Gasteiger partial charge in [-0.3, -0.25) is 4.79 Å². The highest BCUT2D eigenvalue weighted by Gasteiger charge is 2.23. The Bertz CT molecular complexity index is 1100. The van der Waals surface area contributed by atoms with Gasteiger partial charge >= 0.3 is 0 Å². The summed E-state index contributed by atoms with van der Waals surface area (Å²) >= 11 is 12.4. The zero-order valence-electron chi connectivity index (χ0n) is 17.2. The van der Waals surface area contributed by atoms with E-state index in [9.17, 15) is 9.18 Å². The third-order valence-corrected chi connectivity index (χ3v) is 5.01. The molecule has 31 heavy (non-hydrogen) atoms. The van der Waals surface area contributed by atoms with E-state index < -0.39 is 11.6 Å². The van der Waals surface area contributed by atoms with Crippen molar-refractivity contribution in [3.8, 4) is 17.1 Å². The zero-order valence-corrected chi connectivity index (χ0v) is 18.7. The maximum absolute atomic E-state index is 14.9. The van der Waals surface area contributed by atoms with E-state index in [1.54, 1.807) is 19.0 Å². The van der Waals surface area contributed by atoms with E-state index >= 15 is 0 Å². The van der Waals surface area contributed by atoms with Crippen molar-refractivity contribution in [3.63, 3.8) is 0 Å². The molecule has 0 spiro atoms. The Kier molecular flexibility index (Phi) is 7.43. The van der Waals surface area contributed by atoms with Gasteiger partial charge in [-0.05, 0) is 17.7 Å². The smallest absolute Gasteiger partial charge is 0.208 e. The number of hydrogen-bond acceptors (Lipinski definition) is 6. The number of ether oxygens (including phenoxy) is 2. The third kappa shape index (κ3) is 5.12. The molecule has 0 bridgehead atoms. The number of hydrogen-bond donors (Lipinski definition) is 0. The lowest BCUT2D eigenvalue weighted by atomic mass is 10.1. The van der Waals surface area contributed by atoms with Crippen LogP contribution in [0.1, 0.15) is 16.1 Å². The average molecular weight is 464 g/mol. The zero-order chi connectivity index (χ0) is 22.5. The van der Waals surface area contributed by atoms with Crippen molar-refractivity contribution >= 4 is 34.8 Å². The van der Waals surface area contributed by atoms with E-state index in [4.69, 9.17) is 32.7 Å². The number of Topliss-reactive ketones (excluding diaryl/α,β-unsaturated/α-hetero) is 1. The topological polar surface area (TPSA) is 64.6 Å². The highest BCUT2D eigenvalue weighted by Crippen LogP contribution is 2.35. The van der Waals surface area contributed by atoms with Gasteiger partial charge in [0.05, 0.1) is 24.3 Å². The molecule has 0 N–H and O–H groups in total. The molecule has 3 rings (SSSR count). The largest absolute Gasteiger partial charge is 0.492 e. The Labute approximate surface area is 189 Å². The van der Waals surface area contributed by atoms with Crippen molar-refractivity contribution in [2.75, 3.05) is 32.7 Å². The SMILES string of the molecule is COc1c(Cl)ccc(-c2nc(C(=O)COCc3ccccc3)c(Cl)c(N(C)C)n2)c1F. The molecule has 0 atom stereocenters. The summed E-state index contributed by atoms with van der Waals surface area (Å²) in [4.78, 5) is 23.0. The van der Waals surface area contributed by atoms with Gasteiger partial charge in [0.15, 0.2) is 23.2 Å². The summed E-state index contributed by atoms with van der Waals surface area (Å²) in [7, 11) is 4.72. The quantitative estimate of drug-likeness (QED) is 0.434. The lowest BCUT2D eigenvalue weighted by Gasteiger charge is -2.17. The van der Waals surface area contributed by atoms with Crippen molar-refractivity contribution in [3.05, 3.63) is 69.6 Å². The summed E-state index contributed by atoms with van der Waals surface area (Å²) in [6.45, 7) is 0.00997. The van der Waals surface area contributed by atoms with Crippen LogP contribution in [0.15, 0.2) is 42.5 Å². The van der Waals surface area contributed by atoms with Crippen LogP contribution < -0.4 is 9.64 Å². The lowest BCUT2D eigenvalue weighted by Crippen LogP contribution is -2.18. The first-order valence-corrected chi connectivity index (χ1v) is 10.0. The van der Waals surface area contributed by atoms with E-state index in [0.717, 1.165) is 5.56 Å². The van der Waals surface area contributed by atoms with Crippen LogP contribution in [0.3, 0.4) is 0 Å². The number of halogens is 3. The molecular weight excluding hydrogens is 444 g/mol. The first-order valence-electron chi connectivity index (χ1n) is 9.25. The van der Waals surface area contributed by atoms with Crippen LogP contribution in [-0.4, -0.2) is 43.6 Å². The van der Waals surface area contributed by atoms with Crippen LogP contribution in [0, 0.1) is 5.82 Å². The van der Waals surface area contributed by atoms with Gasteiger partial charge in [0, 0.05) is 14.1 Å². The first-order chi connectivity index (χ1) is 14.8. The highest BCUT2D eigenvalue weighted by molar-refractivity contribution is 6.36. The van der Waals surface area contributed by atoms with E-state index in [-0.39, 0.29) is 51.9 Å². The number of anilines is 1. The van der Waals surface area contributed by atoms with E-state index in [1.807, 2.05) is 30.3 Å². The molecule has 0 aliphatic rings. The molecule has 1 heterocycles.